The molecule has 0 aliphatic carbocycles. The van der Waals surface area contributed by atoms with Crippen LogP contribution in [0.15, 0.2) is 60.7 Å². The molecule has 1 N–H and O–H groups in total. The van der Waals surface area contributed by atoms with Crippen molar-refractivity contribution in [1.29, 1.82) is 0 Å². The minimum atomic E-state index is 0.0178. The van der Waals surface area contributed by atoms with E-state index >= 15 is 0 Å². The Labute approximate surface area is 237 Å². The molecule has 4 aromatic rings. The van der Waals surface area contributed by atoms with Crippen LogP contribution in [0.3, 0.4) is 0 Å². The van der Waals surface area contributed by atoms with Gasteiger partial charge in [-0.15, -0.1) is 11.8 Å². The number of ether oxygens (including phenoxy) is 1. The molecule has 2 fully saturated rings. The third-order valence-electron chi connectivity index (χ3n) is 7.99. The Morgan fingerprint density at radius 2 is 1.77 bits per heavy atom. The molecule has 8 nitrogen and oxygen atoms in total. The second-order valence-electron chi connectivity index (χ2n) is 10.6. The number of imidazole rings is 1. The Balaban J connectivity index is 1.05. The number of H-pyrrole nitrogens is 1. The highest BCUT2D eigenvalue weighted by atomic mass is 32.2. The van der Waals surface area contributed by atoms with Crippen molar-refractivity contribution in [2.24, 2.45) is 0 Å². The van der Waals surface area contributed by atoms with Gasteiger partial charge in [-0.25, -0.2) is 4.98 Å². The number of nitrogens with one attached hydrogen (secondary N) is 1. The van der Waals surface area contributed by atoms with E-state index in [0.717, 1.165) is 70.5 Å². The Hall–Kier alpha value is -3.98. The fraction of sp³-hybridized carbons (Fsp3) is 0.323. The van der Waals surface area contributed by atoms with E-state index in [1.807, 2.05) is 58.3 Å². The highest BCUT2D eigenvalue weighted by Gasteiger charge is 2.29. The van der Waals surface area contributed by atoms with Crippen molar-refractivity contribution >= 4 is 46.0 Å². The molecule has 2 amide bonds. The van der Waals surface area contributed by atoms with Gasteiger partial charge in [-0.2, -0.15) is 0 Å². The number of piperidine rings is 1. The predicted molar refractivity (Wildman–Crippen MR) is 159 cm³/mol. The summed E-state index contributed by atoms with van der Waals surface area (Å²) in [5.41, 5.74) is 6.58. The number of hydrogen-bond donors (Lipinski definition) is 1. The van der Waals surface area contributed by atoms with Gasteiger partial charge >= 0.3 is 0 Å². The molecular formula is C31H31N5O3S. The number of carbonyl (C=O) groups excluding carboxylic acids is 2. The van der Waals surface area contributed by atoms with Gasteiger partial charge in [0.15, 0.2) is 6.61 Å². The third kappa shape index (κ3) is 4.79. The van der Waals surface area contributed by atoms with E-state index in [4.69, 9.17) is 9.72 Å². The second kappa shape index (κ2) is 10.5. The molecule has 3 aliphatic heterocycles. The minimum Gasteiger partial charge on any atom is -0.484 e. The summed E-state index contributed by atoms with van der Waals surface area (Å²) in [4.78, 5) is 39.8. The molecule has 0 unspecified atom stereocenters. The number of amides is 2. The fourth-order valence-electron chi connectivity index (χ4n) is 5.72. The molecule has 40 heavy (non-hydrogen) atoms. The minimum absolute atomic E-state index is 0.0178. The molecule has 3 aliphatic rings. The van der Waals surface area contributed by atoms with Crippen LogP contribution in [0, 0.1) is 0 Å². The van der Waals surface area contributed by atoms with E-state index in [1.165, 1.54) is 24.9 Å². The van der Waals surface area contributed by atoms with Gasteiger partial charge in [-0.05, 0) is 85.5 Å². The normalized spacial score (nSPS) is 17.1. The van der Waals surface area contributed by atoms with Crippen LogP contribution >= 0.6 is 11.8 Å². The molecule has 0 saturated carbocycles. The highest BCUT2D eigenvalue weighted by molar-refractivity contribution is 7.99. The number of carbonyl (C=O) groups is 2. The largest absolute Gasteiger partial charge is 0.484 e. The van der Waals surface area contributed by atoms with Crippen LogP contribution in [-0.4, -0.2) is 64.6 Å². The molecule has 4 heterocycles. The van der Waals surface area contributed by atoms with E-state index < -0.39 is 0 Å². The fourth-order valence-corrected chi connectivity index (χ4v) is 6.69. The summed E-state index contributed by atoms with van der Waals surface area (Å²) in [6.45, 7) is 3.58. The standard InChI is InChI=1S/C31H31N5O3S/c37-29(35-14-15-40-20-35)19-39-25-8-4-21(5-9-25)30-32-27-11-7-24(17-28(27)33-30)36-18-22-16-23(6-10-26(22)31(36)38)34-12-2-1-3-13-34/h4-11,16-17H,1-3,12-15,18-20H2,(H,32,33). The maximum Gasteiger partial charge on any atom is 0.261 e. The summed E-state index contributed by atoms with van der Waals surface area (Å²) in [7, 11) is 0. The molecule has 3 aromatic carbocycles. The highest BCUT2D eigenvalue weighted by Crippen LogP contribution is 2.33. The van der Waals surface area contributed by atoms with Crippen LogP contribution in [0.2, 0.25) is 0 Å². The zero-order chi connectivity index (χ0) is 27.1. The van der Waals surface area contributed by atoms with Crippen LogP contribution in [0.4, 0.5) is 11.4 Å². The molecular weight excluding hydrogens is 522 g/mol. The number of aromatic amines is 1. The van der Waals surface area contributed by atoms with E-state index in [0.29, 0.717) is 12.3 Å². The number of aromatic nitrogens is 2. The number of benzene rings is 3. The lowest BCUT2D eigenvalue weighted by atomic mass is 10.1. The predicted octanol–water partition coefficient (Wildman–Crippen LogP) is 5.29. The summed E-state index contributed by atoms with van der Waals surface area (Å²) >= 11 is 1.76. The summed E-state index contributed by atoms with van der Waals surface area (Å²) in [6, 6.07) is 19.8. The second-order valence-corrected chi connectivity index (χ2v) is 11.6. The molecule has 2 saturated heterocycles. The first kappa shape index (κ1) is 25.0. The van der Waals surface area contributed by atoms with Crippen LogP contribution < -0.4 is 14.5 Å². The SMILES string of the molecule is O=C(COc1ccc(-c2nc3ccc(N4Cc5cc(N6CCCCC6)ccc5C4=O)cc3[nH]2)cc1)N1CCSC1. The summed E-state index contributed by atoms with van der Waals surface area (Å²) < 4.78 is 5.71. The smallest absolute Gasteiger partial charge is 0.261 e. The number of rotatable bonds is 6. The van der Waals surface area contributed by atoms with Gasteiger partial charge in [0.05, 0.1) is 23.5 Å². The van der Waals surface area contributed by atoms with Crippen molar-refractivity contribution in [3.63, 3.8) is 0 Å². The van der Waals surface area contributed by atoms with Crippen LogP contribution in [0.25, 0.3) is 22.4 Å². The van der Waals surface area contributed by atoms with Gasteiger partial charge in [0.1, 0.15) is 11.6 Å². The van der Waals surface area contributed by atoms with E-state index in [2.05, 4.69) is 22.0 Å². The molecule has 7 rings (SSSR count). The van der Waals surface area contributed by atoms with E-state index in [9.17, 15) is 9.59 Å². The molecule has 0 radical (unpaired) electrons. The monoisotopic (exact) mass is 553 g/mol. The number of nitrogens with zero attached hydrogens (tertiary/aromatic N) is 4. The lowest BCUT2D eigenvalue weighted by molar-refractivity contribution is -0.131. The average molecular weight is 554 g/mol. The zero-order valence-electron chi connectivity index (χ0n) is 22.3. The van der Waals surface area contributed by atoms with Crippen molar-refractivity contribution in [1.82, 2.24) is 14.9 Å². The topological polar surface area (TPSA) is 81.8 Å². The Bertz CT molecular complexity index is 1570. The molecule has 0 spiro atoms. The lowest BCUT2D eigenvalue weighted by Crippen LogP contribution is -2.32. The van der Waals surface area contributed by atoms with Crippen LogP contribution in [-0.2, 0) is 11.3 Å². The Morgan fingerprint density at radius 1 is 0.950 bits per heavy atom. The molecule has 9 heteroatoms. The van der Waals surface area contributed by atoms with Gasteiger partial charge in [-0.1, -0.05) is 0 Å². The van der Waals surface area contributed by atoms with E-state index in [1.54, 1.807) is 11.8 Å². The van der Waals surface area contributed by atoms with Gasteiger partial charge in [0.25, 0.3) is 11.8 Å². The number of anilines is 2. The van der Waals surface area contributed by atoms with Crippen LogP contribution in [0.5, 0.6) is 5.75 Å². The number of hydrogen-bond acceptors (Lipinski definition) is 6. The van der Waals surface area contributed by atoms with Gasteiger partial charge in [0.2, 0.25) is 0 Å². The maximum atomic E-state index is 13.3. The van der Waals surface area contributed by atoms with Crippen molar-refractivity contribution in [3.8, 4) is 17.1 Å². The van der Waals surface area contributed by atoms with Crippen molar-refractivity contribution in [2.75, 3.05) is 47.7 Å². The van der Waals surface area contributed by atoms with Crippen molar-refractivity contribution in [2.45, 2.75) is 25.8 Å². The summed E-state index contributed by atoms with van der Waals surface area (Å²) in [5.74, 6) is 3.18. The average Bonchev–Trinajstić information content (AvgIpc) is 3.75. The van der Waals surface area contributed by atoms with Crippen molar-refractivity contribution < 1.29 is 14.3 Å². The van der Waals surface area contributed by atoms with Gasteiger partial charge in [0, 0.05) is 47.9 Å². The lowest BCUT2D eigenvalue weighted by Gasteiger charge is -2.29. The van der Waals surface area contributed by atoms with Crippen molar-refractivity contribution in [3.05, 3.63) is 71.8 Å². The third-order valence-corrected chi connectivity index (χ3v) is 8.95. The summed E-state index contributed by atoms with van der Waals surface area (Å²) in [6.07, 6.45) is 3.75. The number of fused-ring (bicyclic) bond motifs is 2. The summed E-state index contributed by atoms with van der Waals surface area (Å²) in [5, 5.41) is 0. The Kier molecular flexibility index (Phi) is 6.59. The molecule has 0 bridgehead atoms. The van der Waals surface area contributed by atoms with E-state index in [-0.39, 0.29) is 18.4 Å². The maximum absolute atomic E-state index is 13.3. The first-order chi connectivity index (χ1) is 19.6. The van der Waals surface area contributed by atoms with Crippen LogP contribution in [0.1, 0.15) is 35.2 Å². The molecule has 1 aromatic heterocycles. The first-order valence-corrected chi connectivity index (χ1v) is 15.1. The first-order valence-electron chi connectivity index (χ1n) is 13.9. The molecule has 0 atom stereocenters. The molecule has 204 valence electrons. The van der Waals surface area contributed by atoms with Gasteiger partial charge < -0.3 is 24.4 Å². The van der Waals surface area contributed by atoms with Gasteiger partial charge in [-0.3, -0.25) is 9.59 Å². The number of thioether (sulfide) groups is 1. The zero-order valence-corrected chi connectivity index (χ0v) is 23.1. The quantitative estimate of drug-likeness (QED) is 0.349. The Morgan fingerprint density at radius 3 is 2.58 bits per heavy atom.